The van der Waals surface area contributed by atoms with Gasteiger partial charge in [-0.2, -0.15) is 0 Å². The summed E-state index contributed by atoms with van der Waals surface area (Å²) in [6, 6.07) is 4.36. The van der Waals surface area contributed by atoms with E-state index in [0.717, 1.165) is 19.3 Å². The Bertz CT molecular complexity index is 305. The Morgan fingerprint density at radius 1 is 1.19 bits per heavy atom. The van der Waals surface area contributed by atoms with Crippen LogP contribution >= 0.6 is 0 Å². The molecule has 1 aromatic rings. The van der Waals surface area contributed by atoms with Crippen molar-refractivity contribution in [1.82, 2.24) is 5.32 Å². The fourth-order valence-electron chi connectivity index (χ4n) is 1.87. The molecule has 3 heteroatoms. The van der Waals surface area contributed by atoms with Gasteiger partial charge in [0.15, 0.2) is 0 Å². The summed E-state index contributed by atoms with van der Waals surface area (Å²) in [5.74, 6) is -0.877. The van der Waals surface area contributed by atoms with Gasteiger partial charge in [0.05, 0.1) is 0 Å². The summed E-state index contributed by atoms with van der Waals surface area (Å²) >= 11 is 0. The van der Waals surface area contributed by atoms with Crippen LogP contribution in [0.25, 0.3) is 0 Å². The summed E-state index contributed by atoms with van der Waals surface area (Å²) in [4.78, 5) is 0. The summed E-state index contributed by atoms with van der Waals surface area (Å²) in [6.45, 7) is 2.11. The van der Waals surface area contributed by atoms with Crippen molar-refractivity contribution >= 4 is 0 Å². The zero-order valence-electron chi connectivity index (χ0n) is 9.89. The molecule has 1 rings (SSSR count). The topological polar surface area (TPSA) is 12.0 Å². The molecule has 0 saturated heterocycles. The van der Waals surface area contributed by atoms with E-state index in [1.807, 2.05) is 7.05 Å². The molecule has 0 radical (unpaired) electrons. The minimum absolute atomic E-state index is 0.207. The Balaban J connectivity index is 2.59. The van der Waals surface area contributed by atoms with Crippen LogP contribution in [0.4, 0.5) is 8.78 Å². The van der Waals surface area contributed by atoms with E-state index in [-0.39, 0.29) is 5.56 Å². The number of hydrogen-bond acceptors (Lipinski definition) is 1. The van der Waals surface area contributed by atoms with Crippen molar-refractivity contribution in [2.75, 3.05) is 7.05 Å². The third kappa shape index (κ3) is 3.56. The highest BCUT2D eigenvalue weighted by Crippen LogP contribution is 2.15. The van der Waals surface area contributed by atoms with Crippen LogP contribution in [0.1, 0.15) is 31.7 Å². The maximum absolute atomic E-state index is 13.3. The quantitative estimate of drug-likeness (QED) is 0.786. The smallest absolute Gasteiger partial charge is 0.129 e. The molecule has 1 nitrogen and oxygen atoms in total. The SMILES string of the molecule is CCCC(CCc1c(F)cccc1F)NC. The third-order valence-electron chi connectivity index (χ3n) is 2.85. The molecule has 0 aliphatic heterocycles. The van der Waals surface area contributed by atoms with E-state index in [1.54, 1.807) is 0 Å². The Morgan fingerprint density at radius 3 is 2.31 bits per heavy atom. The average molecular weight is 227 g/mol. The van der Waals surface area contributed by atoms with E-state index in [9.17, 15) is 8.78 Å². The van der Waals surface area contributed by atoms with Crippen LogP contribution in [-0.2, 0) is 6.42 Å². The van der Waals surface area contributed by atoms with Crippen molar-refractivity contribution in [2.24, 2.45) is 0 Å². The zero-order chi connectivity index (χ0) is 12.0. The summed E-state index contributed by atoms with van der Waals surface area (Å²) in [6.07, 6.45) is 3.32. The van der Waals surface area contributed by atoms with Gasteiger partial charge in [-0.25, -0.2) is 8.78 Å². The van der Waals surface area contributed by atoms with E-state index < -0.39 is 11.6 Å². The number of nitrogens with one attached hydrogen (secondary N) is 1. The summed E-state index contributed by atoms with van der Waals surface area (Å²) in [5, 5.41) is 3.17. The highest BCUT2D eigenvalue weighted by molar-refractivity contribution is 5.19. The predicted molar refractivity (Wildman–Crippen MR) is 62.4 cm³/mol. The summed E-state index contributed by atoms with van der Waals surface area (Å²) < 4.78 is 26.7. The molecule has 0 spiro atoms. The molecule has 0 aromatic heterocycles. The molecule has 0 fully saturated rings. The number of benzene rings is 1. The van der Waals surface area contributed by atoms with Crippen molar-refractivity contribution in [2.45, 2.75) is 38.6 Å². The van der Waals surface area contributed by atoms with Crippen LogP contribution < -0.4 is 5.32 Å². The lowest BCUT2D eigenvalue weighted by Gasteiger charge is -2.15. The lowest BCUT2D eigenvalue weighted by Crippen LogP contribution is -2.25. The Labute approximate surface area is 95.9 Å². The zero-order valence-corrected chi connectivity index (χ0v) is 9.89. The molecule has 0 bridgehead atoms. The minimum atomic E-state index is -0.439. The maximum atomic E-state index is 13.3. The van der Waals surface area contributed by atoms with E-state index in [0.29, 0.717) is 12.5 Å². The first-order chi connectivity index (χ1) is 7.69. The number of halogens is 2. The van der Waals surface area contributed by atoms with Crippen LogP contribution in [0.2, 0.25) is 0 Å². The van der Waals surface area contributed by atoms with Gasteiger partial charge in [0.2, 0.25) is 0 Å². The molecule has 0 amide bonds. The van der Waals surface area contributed by atoms with Crippen molar-refractivity contribution in [3.8, 4) is 0 Å². The van der Waals surface area contributed by atoms with Crippen LogP contribution in [-0.4, -0.2) is 13.1 Å². The first kappa shape index (κ1) is 13.1. The Hall–Kier alpha value is -0.960. The Morgan fingerprint density at radius 2 is 1.81 bits per heavy atom. The molecule has 0 aliphatic rings. The van der Waals surface area contributed by atoms with E-state index in [4.69, 9.17) is 0 Å². The molecular formula is C13H19F2N. The van der Waals surface area contributed by atoms with Gasteiger partial charge in [0.25, 0.3) is 0 Å². The summed E-state index contributed by atoms with van der Waals surface area (Å²) in [5.41, 5.74) is 0.207. The molecular weight excluding hydrogens is 208 g/mol. The van der Waals surface area contributed by atoms with E-state index >= 15 is 0 Å². The van der Waals surface area contributed by atoms with Gasteiger partial charge in [-0.3, -0.25) is 0 Å². The molecule has 0 heterocycles. The van der Waals surface area contributed by atoms with Gasteiger partial charge < -0.3 is 5.32 Å². The van der Waals surface area contributed by atoms with Crippen LogP contribution in [0, 0.1) is 11.6 Å². The molecule has 16 heavy (non-hydrogen) atoms. The van der Waals surface area contributed by atoms with Gasteiger partial charge in [-0.1, -0.05) is 19.4 Å². The minimum Gasteiger partial charge on any atom is -0.317 e. The van der Waals surface area contributed by atoms with Crippen LogP contribution in [0.15, 0.2) is 18.2 Å². The standard InChI is InChI=1S/C13H19F2N/c1-3-5-10(16-2)8-9-11-12(14)6-4-7-13(11)15/h4,6-7,10,16H,3,5,8-9H2,1-2H3. The molecule has 1 unspecified atom stereocenters. The third-order valence-corrected chi connectivity index (χ3v) is 2.85. The molecule has 0 saturated carbocycles. The predicted octanol–water partition coefficient (Wildman–Crippen LogP) is 3.29. The van der Waals surface area contributed by atoms with Gasteiger partial charge in [0, 0.05) is 11.6 Å². The summed E-state index contributed by atoms with van der Waals surface area (Å²) in [7, 11) is 1.89. The fraction of sp³-hybridized carbons (Fsp3) is 0.538. The second-order valence-corrected chi connectivity index (χ2v) is 4.01. The van der Waals surface area contributed by atoms with Gasteiger partial charge in [-0.05, 0) is 38.4 Å². The molecule has 1 atom stereocenters. The molecule has 1 aromatic carbocycles. The van der Waals surface area contributed by atoms with Crippen LogP contribution in [0.5, 0.6) is 0 Å². The van der Waals surface area contributed by atoms with E-state index in [1.165, 1.54) is 18.2 Å². The van der Waals surface area contributed by atoms with Gasteiger partial charge in [-0.15, -0.1) is 0 Å². The van der Waals surface area contributed by atoms with Gasteiger partial charge >= 0.3 is 0 Å². The van der Waals surface area contributed by atoms with Crippen molar-refractivity contribution in [1.29, 1.82) is 0 Å². The monoisotopic (exact) mass is 227 g/mol. The second kappa shape index (κ2) is 6.59. The second-order valence-electron chi connectivity index (χ2n) is 4.01. The van der Waals surface area contributed by atoms with E-state index in [2.05, 4.69) is 12.2 Å². The van der Waals surface area contributed by atoms with Crippen molar-refractivity contribution < 1.29 is 8.78 Å². The first-order valence-corrected chi connectivity index (χ1v) is 5.79. The Kier molecular flexibility index (Phi) is 5.39. The highest BCUT2D eigenvalue weighted by Gasteiger charge is 2.11. The average Bonchev–Trinajstić information content (AvgIpc) is 2.27. The van der Waals surface area contributed by atoms with Gasteiger partial charge in [0.1, 0.15) is 11.6 Å². The largest absolute Gasteiger partial charge is 0.317 e. The van der Waals surface area contributed by atoms with Crippen LogP contribution in [0.3, 0.4) is 0 Å². The lowest BCUT2D eigenvalue weighted by atomic mass is 10.0. The normalized spacial score (nSPS) is 12.8. The fourth-order valence-corrected chi connectivity index (χ4v) is 1.87. The lowest BCUT2D eigenvalue weighted by molar-refractivity contribution is 0.469. The molecule has 90 valence electrons. The molecule has 1 N–H and O–H groups in total. The van der Waals surface area contributed by atoms with Crippen molar-refractivity contribution in [3.05, 3.63) is 35.4 Å². The number of hydrogen-bond donors (Lipinski definition) is 1. The highest BCUT2D eigenvalue weighted by atomic mass is 19.1. The first-order valence-electron chi connectivity index (χ1n) is 5.79. The molecule has 0 aliphatic carbocycles. The number of rotatable bonds is 6. The van der Waals surface area contributed by atoms with Crippen molar-refractivity contribution in [3.63, 3.8) is 0 Å². The maximum Gasteiger partial charge on any atom is 0.129 e.